The summed E-state index contributed by atoms with van der Waals surface area (Å²) in [5.41, 5.74) is 5.95. The minimum Gasteiger partial charge on any atom is -0.375 e. The third kappa shape index (κ3) is 5.11. The zero-order valence-corrected chi connectivity index (χ0v) is 18.0. The standard InChI is InChI=1S/C29H25N3/c1-22-17-19-26(20-18-22)31-29(25-15-9-4-10-16-25)27(21-30)32-28(23-11-5-2-6-12-23)24-13-7-3-8-14-24/h2-20,27,29,31H,1H3. The summed E-state index contributed by atoms with van der Waals surface area (Å²) in [6.07, 6.45) is 0. The molecule has 0 fully saturated rings. The molecule has 3 heteroatoms. The maximum absolute atomic E-state index is 10.2. The van der Waals surface area contributed by atoms with E-state index in [2.05, 4.69) is 30.4 Å². The number of rotatable bonds is 7. The van der Waals surface area contributed by atoms with Crippen molar-refractivity contribution in [2.75, 3.05) is 5.32 Å². The van der Waals surface area contributed by atoms with Gasteiger partial charge in [0.25, 0.3) is 0 Å². The van der Waals surface area contributed by atoms with E-state index in [1.165, 1.54) is 5.56 Å². The average molecular weight is 416 g/mol. The molecule has 0 aliphatic heterocycles. The molecule has 156 valence electrons. The second-order valence-electron chi connectivity index (χ2n) is 7.68. The van der Waals surface area contributed by atoms with Crippen molar-refractivity contribution in [2.24, 2.45) is 4.99 Å². The van der Waals surface area contributed by atoms with E-state index in [9.17, 15) is 5.26 Å². The lowest BCUT2D eigenvalue weighted by Crippen LogP contribution is -2.25. The van der Waals surface area contributed by atoms with Gasteiger partial charge in [-0.2, -0.15) is 5.26 Å². The molecule has 0 spiro atoms. The van der Waals surface area contributed by atoms with E-state index in [1.54, 1.807) is 0 Å². The Morgan fingerprint density at radius 2 is 1.22 bits per heavy atom. The Kier molecular flexibility index (Phi) is 6.75. The number of nitrogens with one attached hydrogen (secondary N) is 1. The van der Waals surface area contributed by atoms with Gasteiger partial charge in [0.05, 0.1) is 17.8 Å². The van der Waals surface area contributed by atoms with Crippen LogP contribution < -0.4 is 5.32 Å². The van der Waals surface area contributed by atoms with Crippen LogP contribution in [0.1, 0.15) is 28.3 Å². The topological polar surface area (TPSA) is 48.2 Å². The van der Waals surface area contributed by atoms with Crippen molar-refractivity contribution in [3.05, 3.63) is 138 Å². The second-order valence-corrected chi connectivity index (χ2v) is 7.68. The molecule has 32 heavy (non-hydrogen) atoms. The van der Waals surface area contributed by atoms with Gasteiger partial charge >= 0.3 is 0 Å². The molecule has 0 amide bonds. The van der Waals surface area contributed by atoms with Crippen LogP contribution in [-0.2, 0) is 0 Å². The van der Waals surface area contributed by atoms with Crippen molar-refractivity contribution in [1.82, 2.24) is 0 Å². The fourth-order valence-electron chi connectivity index (χ4n) is 3.66. The molecule has 0 saturated heterocycles. The van der Waals surface area contributed by atoms with Gasteiger partial charge < -0.3 is 5.32 Å². The molecule has 1 N–H and O–H groups in total. The van der Waals surface area contributed by atoms with Crippen molar-refractivity contribution >= 4 is 11.4 Å². The number of aryl methyl sites for hydroxylation is 1. The fourth-order valence-corrected chi connectivity index (χ4v) is 3.66. The predicted octanol–water partition coefficient (Wildman–Crippen LogP) is 6.58. The highest BCUT2D eigenvalue weighted by Gasteiger charge is 2.24. The Morgan fingerprint density at radius 1 is 0.719 bits per heavy atom. The molecule has 0 aliphatic rings. The summed E-state index contributed by atoms with van der Waals surface area (Å²) in [4.78, 5) is 5.02. The fraction of sp³-hybridized carbons (Fsp3) is 0.103. The highest BCUT2D eigenvalue weighted by molar-refractivity contribution is 6.13. The van der Waals surface area contributed by atoms with Crippen molar-refractivity contribution in [3.8, 4) is 6.07 Å². The lowest BCUT2D eigenvalue weighted by Gasteiger charge is -2.24. The minimum atomic E-state index is -0.630. The first-order chi connectivity index (χ1) is 15.7. The van der Waals surface area contributed by atoms with Crippen LogP contribution >= 0.6 is 0 Å². The van der Waals surface area contributed by atoms with Crippen LogP contribution in [0, 0.1) is 18.3 Å². The van der Waals surface area contributed by atoms with E-state index >= 15 is 0 Å². The first kappa shape index (κ1) is 21.1. The van der Waals surface area contributed by atoms with Gasteiger partial charge in [-0.3, -0.25) is 4.99 Å². The number of hydrogen-bond donors (Lipinski definition) is 1. The maximum Gasteiger partial charge on any atom is 0.161 e. The molecular weight excluding hydrogens is 390 g/mol. The van der Waals surface area contributed by atoms with Crippen molar-refractivity contribution in [3.63, 3.8) is 0 Å². The zero-order chi connectivity index (χ0) is 22.2. The van der Waals surface area contributed by atoms with E-state index in [0.29, 0.717) is 0 Å². The summed E-state index contributed by atoms with van der Waals surface area (Å²) >= 11 is 0. The van der Waals surface area contributed by atoms with Crippen LogP contribution in [0.5, 0.6) is 0 Å². The van der Waals surface area contributed by atoms with Crippen LogP contribution in [0.15, 0.2) is 120 Å². The molecule has 3 nitrogen and oxygen atoms in total. The van der Waals surface area contributed by atoms with E-state index in [0.717, 1.165) is 28.1 Å². The zero-order valence-electron chi connectivity index (χ0n) is 18.0. The Balaban J connectivity index is 1.79. The summed E-state index contributed by atoms with van der Waals surface area (Å²) in [5, 5.41) is 13.8. The number of aliphatic imine (C=N–C) groups is 1. The van der Waals surface area contributed by atoms with Crippen LogP contribution in [0.3, 0.4) is 0 Å². The van der Waals surface area contributed by atoms with Crippen LogP contribution in [0.2, 0.25) is 0 Å². The molecule has 0 aromatic heterocycles. The summed E-state index contributed by atoms with van der Waals surface area (Å²) in [7, 11) is 0. The molecule has 0 aliphatic carbocycles. The number of benzene rings is 4. The molecule has 4 aromatic carbocycles. The van der Waals surface area contributed by atoms with E-state index < -0.39 is 6.04 Å². The van der Waals surface area contributed by atoms with E-state index in [1.807, 2.05) is 103 Å². The minimum absolute atomic E-state index is 0.300. The number of anilines is 1. The summed E-state index contributed by atoms with van der Waals surface area (Å²) in [5.74, 6) is 0. The molecule has 0 radical (unpaired) electrons. The predicted molar refractivity (Wildman–Crippen MR) is 132 cm³/mol. The van der Waals surface area contributed by atoms with Crippen LogP contribution in [-0.4, -0.2) is 11.8 Å². The molecule has 0 heterocycles. The molecule has 0 saturated carbocycles. The quantitative estimate of drug-likeness (QED) is 0.347. The molecule has 2 atom stereocenters. The van der Waals surface area contributed by atoms with Crippen molar-refractivity contribution < 1.29 is 0 Å². The molecule has 4 rings (SSSR count). The largest absolute Gasteiger partial charge is 0.375 e. The summed E-state index contributed by atoms with van der Waals surface area (Å²) in [6, 6.07) is 39.9. The van der Waals surface area contributed by atoms with Gasteiger partial charge in [0.2, 0.25) is 0 Å². The number of nitrogens with zero attached hydrogens (tertiary/aromatic N) is 2. The van der Waals surface area contributed by atoms with Crippen LogP contribution in [0.25, 0.3) is 0 Å². The second kappa shape index (κ2) is 10.2. The molecule has 4 aromatic rings. The third-order valence-corrected chi connectivity index (χ3v) is 5.34. The summed E-state index contributed by atoms with van der Waals surface area (Å²) < 4.78 is 0. The number of hydrogen-bond acceptors (Lipinski definition) is 3. The Hall–Kier alpha value is -4.16. The number of nitriles is 1. The van der Waals surface area contributed by atoms with E-state index in [4.69, 9.17) is 4.99 Å². The van der Waals surface area contributed by atoms with Gasteiger partial charge in [-0.15, -0.1) is 0 Å². The first-order valence-corrected chi connectivity index (χ1v) is 10.7. The van der Waals surface area contributed by atoms with Gasteiger partial charge in [-0.05, 0) is 24.6 Å². The van der Waals surface area contributed by atoms with Crippen molar-refractivity contribution in [1.29, 1.82) is 5.26 Å². The third-order valence-electron chi connectivity index (χ3n) is 5.34. The Morgan fingerprint density at radius 3 is 1.72 bits per heavy atom. The molecular formula is C29H25N3. The maximum atomic E-state index is 10.2. The highest BCUT2D eigenvalue weighted by Crippen LogP contribution is 2.26. The monoisotopic (exact) mass is 415 g/mol. The summed E-state index contributed by atoms with van der Waals surface area (Å²) in [6.45, 7) is 2.06. The van der Waals surface area contributed by atoms with Gasteiger partial charge in [0.1, 0.15) is 0 Å². The van der Waals surface area contributed by atoms with Crippen LogP contribution in [0.4, 0.5) is 5.69 Å². The molecule has 0 bridgehead atoms. The molecule has 2 unspecified atom stereocenters. The average Bonchev–Trinajstić information content (AvgIpc) is 2.86. The van der Waals surface area contributed by atoms with Crippen molar-refractivity contribution in [2.45, 2.75) is 19.0 Å². The smallest absolute Gasteiger partial charge is 0.161 e. The first-order valence-electron chi connectivity index (χ1n) is 10.7. The lowest BCUT2D eigenvalue weighted by molar-refractivity contribution is 0.690. The SMILES string of the molecule is Cc1ccc(NC(c2ccccc2)C(C#N)N=C(c2ccccc2)c2ccccc2)cc1. The highest BCUT2D eigenvalue weighted by atomic mass is 15.0. The van der Waals surface area contributed by atoms with E-state index in [-0.39, 0.29) is 6.04 Å². The van der Waals surface area contributed by atoms with Gasteiger partial charge in [-0.1, -0.05) is 109 Å². The Bertz CT molecular complexity index is 1150. The Labute approximate surface area is 189 Å². The van der Waals surface area contributed by atoms with Gasteiger partial charge in [0.15, 0.2) is 6.04 Å². The van der Waals surface area contributed by atoms with Gasteiger partial charge in [0, 0.05) is 16.8 Å². The normalized spacial score (nSPS) is 12.2. The lowest BCUT2D eigenvalue weighted by atomic mass is 9.97. The van der Waals surface area contributed by atoms with Gasteiger partial charge in [-0.25, -0.2) is 0 Å².